The summed E-state index contributed by atoms with van der Waals surface area (Å²) in [5.41, 5.74) is 0.722. The summed E-state index contributed by atoms with van der Waals surface area (Å²) >= 11 is 5.94. The van der Waals surface area contributed by atoms with Crippen LogP contribution >= 0.6 is 11.6 Å². The third kappa shape index (κ3) is 3.10. The van der Waals surface area contributed by atoms with E-state index in [1.165, 1.54) is 12.8 Å². The molecule has 0 radical (unpaired) electrons. The molecule has 1 aliphatic heterocycles. The first-order valence-electron chi connectivity index (χ1n) is 7.91. The van der Waals surface area contributed by atoms with E-state index in [0.717, 1.165) is 31.7 Å². The average Bonchev–Trinajstić information content (AvgIpc) is 3.24. The highest BCUT2D eigenvalue weighted by Crippen LogP contribution is 2.49. The second-order valence-electron chi connectivity index (χ2n) is 6.41. The molecule has 2 nitrogen and oxygen atoms in total. The number of hydrogen-bond donors (Lipinski definition) is 1. The summed E-state index contributed by atoms with van der Waals surface area (Å²) in [5, 5.41) is 3.68. The Morgan fingerprint density at radius 2 is 2.24 bits per heavy atom. The molecule has 21 heavy (non-hydrogen) atoms. The third-order valence-electron chi connectivity index (χ3n) is 4.85. The van der Waals surface area contributed by atoms with Gasteiger partial charge < -0.3 is 10.1 Å². The van der Waals surface area contributed by atoms with Crippen LogP contribution in [-0.2, 0) is 11.2 Å². The molecule has 0 spiro atoms. The lowest BCUT2D eigenvalue weighted by Gasteiger charge is -2.35. The van der Waals surface area contributed by atoms with Crippen molar-refractivity contribution in [2.75, 3.05) is 19.7 Å². The first-order chi connectivity index (χ1) is 10.2. The molecule has 1 aliphatic carbocycles. The van der Waals surface area contributed by atoms with Crippen LogP contribution in [-0.4, -0.2) is 25.8 Å². The van der Waals surface area contributed by atoms with Crippen LogP contribution in [0.2, 0.25) is 5.02 Å². The largest absolute Gasteiger partial charge is 0.377 e. The summed E-state index contributed by atoms with van der Waals surface area (Å²) in [5.74, 6) is 0.393. The van der Waals surface area contributed by atoms with Crippen molar-refractivity contribution in [1.29, 1.82) is 0 Å². The molecule has 1 aromatic carbocycles. The third-order valence-corrected chi connectivity index (χ3v) is 5.14. The molecular weight excluding hydrogens is 289 g/mol. The fourth-order valence-electron chi connectivity index (χ4n) is 3.62. The number of rotatable bonds is 6. The molecule has 0 amide bonds. The van der Waals surface area contributed by atoms with Crippen LogP contribution in [0.3, 0.4) is 0 Å². The van der Waals surface area contributed by atoms with Crippen LogP contribution in [0.25, 0.3) is 0 Å². The number of ether oxygens (including phenoxy) is 1. The van der Waals surface area contributed by atoms with Gasteiger partial charge >= 0.3 is 0 Å². The van der Waals surface area contributed by atoms with Crippen molar-refractivity contribution >= 4 is 11.6 Å². The zero-order valence-electron chi connectivity index (χ0n) is 12.5. The minimum absolute atomic E-state index is 0.00268. The zero-order chi connectivity index (χ0) is 14.9. The van der Waals surface area contributed by atoms with Gasteiger partial charge in [0.2, 0.25) is 0 Å². The van der Waals surface area contributed by atoms with E-state index in [4.69, 9.17) is 16.3 Å². The molecule has 1 N–H and O–H groups in total. The molecule has 1 saturated carbocycles. The average molecular weight is 312 g/mol. The van der Waals surface area contributed by atoms with Crippen molar-refractivity contribution in [3.8, 4) is 0 Å². The number of benzene rings is 1. The molecule has 0 aromatic heterocycles. The van der Waals surface area contributed by atoms with Gasteiger partial charge in [0, 0.05) is 18.6 Å². The molecule has 1 saturated heterocycles. The van der Waals surface area contributed by atoms with Gasteiger partial charge in [-0.3, -0.25) is 0 Å². The van der Waals surface area contributed by atoms with Crippen molar-refractivity contribution in [3.05, 3.63) is 34.6 Å². The first kappa shape index (κ1) is 15.3. The number of nitrogens with one attached hydrogen (secondary N) is 1. The maximum atomic E-state index is 14.3. The lowest BCUT2D eigenvalue weighted by molar-refractivity contribution is 0.0305. The van der Waals surface area contributed by atoms with Gasteiger partial charge in [-0.25, -0.2) is 4.39 Å². The van der Waals surface area contributed by atoms with Gasteiger partial charge in [0.15, 0.2) is 0 Å². The molecule has 2 fully saturated rings. The van der Waals surface area contributed by atoms with Gasteiger partial charge in [0.1, 0.15) is 5.82 Å². The van der Waals surface area contributed by atoms with Crippen LogP contribution < -0.4 is 5.32 Å². The maximum Gasteiger partial charge on any atom is 0.144 e. The van der Waals surface area contributed by atoms with Crippen LogP contribution in [0.1, 0.15) is 31.7 Å². The predicted molar refractivity (Wildman–Crippen MR) is 83.2 cm³/mol. The fourth-order valence-corrected chi connectivity index (χ4v) is 3.82. The Morgan fingerprint density at radius 3 is 2.95 bits per heavy atom. The second kappa shape index (κ2) is 6.23. The van der Waals surface area contributed by atoms with E-state index < -0.39 is 0 Å². The molecule has 2 unspecified atom stereocenters. The number of hydrogen-bond acceptors (Lipinski definition) is 2. The topological polar surface area (TPSA) is 21.3 Å². The van der Waals surface area contributed by atoms with Gasteiger partial charge in [-0.2, -0.15) is 0 Å². The van der Waals surface area contributed by atoms with E-state index in [1.54, 1.807) is 6.07 Å². The summed E-state index contributed by atoms with van der Waals surface area (Å²) in [6, 6.07) is 5.31. The van der Waals surface area contributed by atoms with Crippen molar-refractivity contribution < 1.29 is 9.13 Å². The monoisotopic (exact) mass is 311 g/mol. The van der Waals surface area contributed by atoms with Crippen molar-refractivity contribution in [1.82, 2.24) is 5.32 Å². The minimum atomic E-state index is -0.267. The molecule has 1 aromatic rings. The molecule has 116 valence electrons. The molecule has 0 bridgehead atoms. The van der Waals surface area contributed by atoms with E-state index in [0.29, 0.717) is 12.3 Å². The summed E-state index contributed by atoms with van der Waals surface area (Å²) in [6.07, 6.45) is 4.45. The Bertz CT molecular complexity index is 506. The Labute approximate surface area is 131 Å². The lowest BCUT2D eigenvalue weighted by Crippen LogP contribution is -2.43. The van der Waals surface area contributed by atoms with Gasteiger partial charge in [-0.05, 0) is 49.8 Å². The van der Waals surface area contributed by atoms with E-state index in [1.807, 2.05) is 12.1 Å². The predicted octanol–water partition coefficient (Wildman–Crippen LogP) is 3.82. The summed E-state index contributed by atoms with van der Waals surface area (Å²) in [4.78, 5) is 0. The van der Waals surface area contributed by atoms with E-state index >= 15 is 0 Å². The first-order valence-corrected chi connectivity index (χ1v) is 8.29. The van der Waals surface area contributed by atoms with Crippen LogP contribution in [0.5, 0.6) is 0 Å². The highest BCUT2D eigenvalue weighted by Gasteiger charge is 2.50. The van der Waals surface area contributed by atoms with Gasteiger partial charge in [0.25, 0.3) is 0 Å². The molecule has 3 rings (SSSR count). The van der Waals surface area contributed by atoms with Gasteiger partial charge in [-0.15, -0.1) is 0 Å². The zero-order valence-corrected chi connectivity index (χ0v) is 13.3. The van der Waals surface area contributed by atoms with Crippen LogP contribution in [0.15, 0.2) is 18.2 Å². The quantitative estimate of drug-likeness (QED) is 0.862. The fraction of sp³-hybridized carbons (Fsp3) is 0.647. The Balaban J connectivity index is 1.86. The Hall–Kier alpha value is -0.640. The second-order valence-corrected chi connectivity index (χ2v) is 6.82. The van der Waals surface area contributed by atoms with E-state index in [-0.39, 0.29) is 22.4 Å². The molecule has 2 atom stereocenters. The number of halogens is 2. The highest BCUT2D eigenvalue weighted by atomic mass is 35.5. The SMILES string of the molecule is CCNCC1(Cc2cccc(Cl)c2F)CCOC1C1CC1. The normalized spacial score (nSPS) is 29.0. The van der Waals surface area contributed by atoms with Gasteiger partial charge in [0.05, 0.1) is 11.1 Å². The van der Waals surface area contributed by atoms with Crippen molar-refractivity contribution in [2.24, 2.45) is 11.3 Å². The summed E-state index contributed by atoms with van der Waals surface area (Å²) in [6.45, 7) is 4.71. The lowest BCUT2D eigenvalue weighted by atomic mass is 9.74. The Kier molecular flexibility index (Phi) is 4.53. The molecule has 2 aliphatic rings. The van der Waals surface area contributed by atoms with E-state index in [9.17, 15) is 4.39 Å². The maximum absolute atomic E-state index is 14.3. The summed E-state index contributed by atoms with van der Waals surface area (Å²) < 4.78 is 20.3. The summed E-state index contributed by atoms with van der Waals surface area (Å²) in [7, 11) is 0. The minimum Gasteiger partial charge on any atom is -0.377 e. The standard InChI is InChI=1S/C17H23ClFNO/c1-2-20-11-17(8-9-21-16(17)12-6-7-12)10-13-4-3-5-14(18)15(13)19/h3-5,12,16,20H,2,6-11H2,1H3. The Morgan fingerprint density at radius 1 is 1.43 bits per heavy atom. The smallest absolute Gasteiger partial charge is 0.144 e. The van der Waals surface area contributed by atoms with Crippen LogP contribution in [0.4, 0.5) is 4.39 Å². The molecule has 1 heterocycles. The molecular formula is C17H23ClFNO. The molecule has 4 heteroatoms. The van der Waals surface area contributed by atoms with Crippen molar-refractivity contribution in [2.45, 2.75) is 38.7 Å². The highest BCUT2D eigenvalue weighted by molar-refractivity contribution is 6.30. The van der Waals surface area contributed by atoms with Gasteiger partial charge in [-0.1, -0.05) is 30.7 Å². The van der Waals surface area contributed by atoms with Crippen LogP contribution in [0, 0.1) is 17.2 Å². The van der Waals surface area contributed by atoms with E-state index in [2.05, 4.69) is 12.2 Å². The van der Waals surface area contributed by atoms with Crippen molar-refractivity contribution in [3.63, 3.8) is 0 Å².